The molecule has 0 heterocycles. The van der Waals surface area contributed by atoms with Gasteiger partial charge < -0.3 is 0 Å². The minimum Gasteiger partial charge on any atom is -0.0764 e. The third-order valence-electron chi connectivity index (χ3n) is 4.16. The molecule has 0 aliphatic heterocycles. The van der Waals surface area contributed by atoms with Crippen molar-refractivity contribution in [2.24, 2.45) is 5.92 Å². The van der Waals surface area contributed by atoms with Gasteiger partial charge in [-0.3, -0.25) is 0 Å². The highest BCUT2D eigenvalue weighted by Gasteiger charge is 2.35. The van der Waals surface area contributed by atoms with E-state index in [4.69, 9.17) is 0 Å². The molecule has 0 spiro atoms. The fourth-order valence-electron chi connectivity index (χ4n) is 2.94. The summed E-state index contributed by atoms with van der Waals surface area (Å²) in [5.41, 5.74) is 2.72. The van der Waals surface area contributed by atoms with Crippen LogP contribution in [0.4, 0.5) is 0 Å². The SMILES string of the molecule is CC(c1ccccc1)(c1ccccc1)C1C=CC=C1. The van der Waals surface area contributed by atoms with E-state index in [0.717, 1.165) is 0 Å². The van der Waals surface area contributed by atoms with Crippen LogP contribution >= 0.6 is 0 Å². The van der Waals surface area contributed by atoms with Gasteiger partial charge in [-0.2, -0.15) is 0 Å². The molecule has 1 aliphatic rings. The molecule has 2 aromatic rings. The highest BCUT2D eigenvalue weighted by Crippen LogP contribution is 2.41. The van der Waals surface area contributed by atoms with Crippen LogP contribution in [0.5, 0.6) is 0 Å². The summed E-state index contributed by atoms with van der Waals surface area (Å²) in [6, 6.07) is 21.6. The first kappa shape index (κ1) is 12.0. The van der Waals surface area contributed by atoms with Crippen LogP contribution in [-0.2, 0) is 5.41 Å². The second-order valence-electron chi connectivity index (χ2n) is 5.23. The van der Waals surface area contributed by atoms with E-state index in [1.165, 1.54) is 11.1 Å². The van der Waals surface area contributed by atoms with Gasteiger partial charge in [0.15, 0.2) is 0 Å². The van der Waals surface area contributed by atoms with E-state index >= 15 is 0 Å². The van der Waals surface area contributed by atoms with E-state index in [-0.39, 0.29) is 5.41 Å². The van der Waals surface area contributed by atoms with Crippen molar-refractivity contribution in [1.82, 2.24) is 0 Å². The largest absolute Gasteiger partial charge is 0.0764 e. The molecule has 0 unspecified atom stereocenters. The Kier molecular flexibility index (Phi) is 3.08. The molecule has 0 radical (unpaired) electrons. The first-order chi connectivity index (χ1) is 9.32. The quantitative estimate of drug-likeness (QED) is 0.734. The number of rotatable bonds is 3. The Balaban J connectivity index is 2.16. The minimum atomic E-state index is -0.00792. The Labute approximate surface area is 115 Å². The Hall–Kier alpha value is -2.08. The van der Waals surface area contributed by atoms with Crippen LogP contribution in [0, 0.1) is 5.92 Å². The number of hydrogen-bond acceptors (Lipinski definition) is 0. The van der Waals surface area contributed by atoms with E-state index in [2.05, 4.69) is 91.9 Å². The molecule has 0 saturated carbocycles. The number of hydrogen-bond donors (Lipinski definition) is 0. The molecule has 1 aliphatic carbocycles. The second-order valence-corrected chi connectivity index (χ2v) is 5.23. The van der Waals surface area contributed by atoms with E-state index < -0.39 is 0 Å². The lowest BCUT2D eigenvalue weighted by Gasteiger charge is -2.35. The van der Waals surface area contributed by atoms with Crippen molar-refractivity contribution in [1.29, 1.82) is 0 Å². The van der Waals surface area contributed by atoms with Crippen LogP contribution in [0.2, 0.25) is 0 Å². The first-order valence-electron chi connectivity index (χ1n) is 6.78. The average molecular weight is 246 g/mol. The molecule has 0 bridgehead atoms. The van der Waals surface area contributed by atoms with Crippen molar-refractivity contribution in [3.05, 3.63) is 96.1 Å². The Bertz CT molecular complexity index is 539. The first-order valence-corrected chi connectivity index (χ1v) is 6.78. The fourth-order valence-corrected chi connectivity index (χ4v) is 2.94. The normalized spacial score (nSPS) is 15.0. The van der Waals surface area contributed by atoms with Crippen LogP contribution in [0.25, 0.3) is 0 Å². The van der Waals surface area contributed by atoms with Crippen molar-refractivity contribution in [3.63, 3.8) is 0 Å². The van der Waals surface area contributed by atoms with Gasteiger partial charge in [0.2, 0.25) is 0 Å². The van der Waals surface area contributed by atoms with E-state index in [1.807, 2.05) is 0 Å². The maximum Gasteiger partial charge on any atom is 0.0272 e. The molecule has 0 heteroatoms. The molecule has 3 rings (SSSR count). The molecule has 0 aromatic heterocycles. The van der Waals surface area contributed by atoms with E-state index in [1.54, 1.807) is 0 Å². The van der Waals surface area contributed by atoms with Gasteiger partial charge in [-0.15, -0.1) is 0 Å². The van der Waals surface area contributed by atoms with E-state index in [0.29, 0.717) is 5.92 Å². The third kappa shape index (κ3) is 2.04. The van der Waals surface area contributed by atoms with Crippen LogP contribution in [0.1, 0.15) is 18.1 Å². The summed E-state index contributed by atoms with van der Waals surface area (Å²) in [6.07, 6.45) is 8.88. The number of allylic oxidation sites excluding steroid dienone is 4. The summed E-state index contributed by atoms with van der Waals surface area (Å²) >= 11 is 0. The highest BCUT2D eigenvalue weighted by molar-refractivity contribution is 5.43. The van der Waals surface area contributed by atoms with Gasteiger partial charge in [-0.1, -0.05) is 91.9 Å². The van der Waals surface area contributed by atoms with Crippen molar-refractivity contribution < 1.29 is 0 Å². The predicted molar refractivity (Wildman–Crippen MR) is 81.1 cm³/mol. The monoisotopic (exact) mass is 246 g/mol. The molecular weight excluding hydrogens is 228 g/mol. The Morgan fingerprint density at radius 2 is 1.11 bits per heavy atom. The summed E-state index contributed by atoms with van der Waals surface area (Å²) in [4.78, 5) is 0. The van der Waals surface area contributed by atoms with Gasteiger partial charge >= 0.3 is 0 Å². The molecular formula is C19H18. The molecule has 0 N–H and O–H groups in total. The molecule has 0 saturated heterocycles. The maximum absolute atomic E-state index is 2.34. The van der Waals surface area contributed by atoms with Crippen molar-refractivity contribution in [2.75, 3.05) is 0 Å². The average Bonchev–Trinajstić information content (AvgIpc) is 3.03. The molecule has 94 valence electrons. The summed E-state index contributed by atoms with van der Waals surface area (Å²) in [5, 5.41) is 0. The van der Waals surface area contributed by atoms with E-state index in [9.17, 15) is 0 Å². The Morgan fingerprint density at radius 1 is 0.684 bits per heavy atom. The zero-order chi connectivity index (χ0) is 13.1. The summed E-state index contributed by atoms with van der Waals surface area (Å²) < 4.78 is 0. The molecule has 0 fully saturated rings. The van der Waals surface area contributed by atoms with Crippen molar-refractivity contribution in [3.8, 4) is 0 Å². The molecule has 0 amide bonds. The lowest BCUT2D eigenvalue weighted by molar-refractivity contribution is 0.488. The molecule has 0 nitrogen and oxygen atoms in total. The van der Waals surface area contributed by atoms with Crippen LogP contribution in [0.15, 0.2) is 85.0 Å². The van der Waals surface area contributed by atoms with Gasteiger partial charge in [-0.25, -0.2) is 0 Å². The van der Waals surface area contributed by atoms with Crippen molar-refractivity contribution in [2.45, 2.75) is 12.3 Å². The predicted octanol–water partition coefficient (Wildman–Crippen LogP) is 4.73. The molecule has 19 heavy (non-hydrogen) atoms. The maximum atomic E-state index is 2.34. The lowest BCUT2D eigenvalue weighted by Crippen LogP contribution is -2.30. The smallest absolute Gasteiger partial charge is 0.0272 e. The summed E-state index contributed by atoms with van der Waals surface area (Å²) in [5.74, 6) is 0.414. The van der Waals surface area contributed by atoms with Gasteiger partial charge in [-0.05, 0) is 11.1 Å². The van der Waals surface area contributed by atoms with Gasteiger partial charge in [0.1, 0.15) is 0 Å². The molecule has 0 atom stereocenters. The van der Waals surface area contributed by atoms with Crippen LogP contribution in [0.3, 0.4) is 0 Å². The topological polar surface area (TPSA) is 0 Å². The highest BCUT2D eigenvalue weighted by atomic mass is 14.4. The summed E-state index contributed by atoms with van der Waals surface area (Å²) in [6.45, 7) is 2.34. The van der Waals surface area contributed by atoms with Crippen molar-refractivity contribution >= 4 is 0 Å². The second kappa shape index (κ2) is 4.89. The van der Waals surface area contributed by atoms with Gasteiger partial charge in [0, 0.05) is 11.3 Å². The number of benzene rings is 2. The Morgan fingerprint density at radius 3 is 1.53 bits per heavy atom. The van der Waals surface area contributed by atoms with Crippen LogP contribution in [-0.4, -0.2) is 0 Å². The minimum absolute atomic E-state index is 0.00792. The standard InChI is InChI=1S/C19H18/c1-19(18-14-8-9-15-18,16-10-4-2-5-11-16)17-12-6-3-7-13-17/h2-15,18H,1H3. The lowest BCUT2D eigenvalue weighted by atomic mass is 9.68. The van der Waals surface area contributed by atoms with Gasteiger partial charge in [0.25, 0.3) is 0 Å². The third-order valence-corrected chi connectivity index (χ3v) is 4.16. The van der Waals surface area contributed by atoms with Crippen LogP contribution < -0.4 is 0 Å². The fraction of sp³-hybridized carbons (Fsp3) is 0.158. The van der Waals surface area contributed by atoms with Gasteiger partial charge in [0.05, 0.1) is 0 Å². The molecule has 2 aromatic carbocycles. The zero-order valence-corrected chi connectivity index (χ0v) is 11.2. The zero-order valence-electron chi connectivity index (χ0n) is 11.2. The summed E-state index contributed by atoms with van der Waals surface area (Å²) in [7, 11) is 0.